The van der Waals surface area contributed by atoms with Crippen LogP contribution in [-0.2, 0) is 17.8 Å². The number of nitrogens with zero attached hydrogens (tertiary/aromatic N) is 1. The SMILES string of the molecule is CC(C)c1ccc2c(c1)c(SC(C)(C)C)c(CC(C)(C)C(=O)O)n2Cc1ccccc1Cl. The third-order valence-electron chi connectivity index (χ3n) is 5.69. The molecule has 2 aromatic carbocycles. The lowest BCUT2D eigenvalue weighted by Gasteiger charge is -2.24. The second kappa shape index (κ2) is 9.15. The van der Waals surface area contributed by atoms with Crippen molar-refractivity contribution < 1.29 is 9.90 Å². The third kappa shape index (κ3) is 5.35. The molecule has 0 spiro atoms. The zero-order chi connectivity index (χ0) is 23.8. The van der Waals surface area contributed by atoms with E-state index in [1.54, 1.807) is 13.8 Å². The highest BCUT2D eigenvalue weighted by Gasteiger charge is 2.32. The molecule has 32 heavy (non-hydrogen) atoms. The Kier molecular flexibility index (Phi) is 7.07. The van der Waals surface area contributed by atoms with Gasteiger partial charge in [-0.2, -0.15) is 0 Å². The van der Waals surface area contributed by atoms with Crippen molar-refractivity contribution in [2.45, 2.75) is 77.0 Å². The van der Waals surface area contributed by atoms with Gasteiger partial charge < -0.3 is 9.67 Å². The predicted molar refractivity (Wildman–Crippen MR) is 137 cm³/mol. The molecule has 0 amide bonds. The van der Waals surface area contributed by atoms with Crippen LogP contribution in [0.25, 0.3) is 10.9 Å². The van der Waals surface area contributed by atoms with E-state index in [1.807, 2.05) is 36.0 Å². The number of carboxylic acid groups (broad SMARTS) is 1. The Morgan fingerprint density at radius 2 is 1.75 bits per heavy atom. The number of aliphatic carboxylic acids is 1. The van der Waals surface area contributed by atoms with E-state index < -0.39 is 11.4 Å². The summed E-state index contributed by atoms with van der Waals surface area (Å²) >= 11 is 8.35. The van der Waals surface area contributed by atoms with Gasteiger partial charge in [-0.05, 0) is 49.1 Å². The number of hydrogen-bond donors (Lipinski definition) is 1. The second-order valence-electron chi connectivity index (χ2n) is 10.5. The van der Waals surface area contributed by atoms with Crippen LogP contribution in [-0.4, -0.2) is 20.4 Å². The molecule has 3 rings (SSSR count). The standard InChI is InChI=1S/C27H34ClNO2S/c1-17(2)18-12-13-22-20(14-18)24(32-26(3,4)5)23(15-27(6,7)25(30)31)29(22)16-19-10-8-9-11-21(19)28/h8-14,17H,15-16H2,1-7H3,(H,30,31). The quantitative estimate of drug-likeness (QED) is 0.355. The Balaban J connectivity index is 2.33. The maximum absolute atomic E-state index is 12.1. The van der Waals surface area contributed by atoms with Gasteiger partial charge in [-0.25, -0.2) is 0 Å². The lowest BCUT2D eigenvalue weighted by atomic mass is 9.88. The number of benzene rings is 2. The fraction of sp³-hybridized carbons (Fsp3) is 0.444. The topological polar surface area (TPSA) is 42.2 Å². The Morgan fingerprint density at radius 3 is 2.31 bits per heavy atom. The smallest absolute Gasteiger partial charge is 0.309 e. The number of aromatic nitrogens is 1. The van der Waals surface area contributed by atoms with Crippen LogP contribution >= 0.6 is 23.4 Å². The van der Waals surface area contributed by atoms with E-state index in [2.05, 4.69) is 57.4 Å². The monoisotopic (exact) mass is 471 g/mol. The highest BCUT2D eigenvalue weighted by Crippen LogP contribution is 2.44. The molecule has 1 heterocycles. The molecule has 3 aromatic rings. The van der Waals surface area contributed by atoms with E-state index in [0.29, 0.717) is 18.9 Å². The van der Waals surface area contributed by atoms with Crippen molar-refractivity contribution in [1.82, 2.24) is 4.57 Å². The van der Waals surface area contributed by atoms with Crippen LogP contribution in [0.5, 0.6) is 0 Å². The zero-order valence-corrected chi connectivity index (χ0v) is 21.7. The molecule has 0 bridgehead atoms. The van der Waals surface area contributed by atoms with Crippen LogP contribution in [0.1, 0.15) is 71.2 Å². The van der Waals surface area contributed by atoms with Gasteiger partial charge in [0, 0.05) is 44.2 Å². The van der Waals surface area contributed by atoms with Crippen molar-refractivity contribution in [3.63, 3.8) is 0 Å². The van der Waals surface area contributed by atoms with E-state index in [-0.39, 0.29) is 4.75 Å². The summed E-state index contributed by atoms with van der Waals surface area (Å²) in [6.45, 7) is 15.2. The molecule has 0 aliphatic heterocycles. The Hall–Kier alpha value is -1.91. The van der Waals surface area contributed by atoms with Gasteiger partial charge in [-0.3, -0.25) is 4.79 Å². The maximum Gasteiger partial charge on any atom is 0.309 e. The van der Waals surface area contributed by atoms with Crippen molar-refractivity contribution in [3.05, 3.63) is 64.3 Å². The number of fused-ring (bicyclic) bond motifs is 1. The number of thioether (sulfide) groups is 1. The van der Waals surface area contributed by atoms with Crippen LogP contribution in [0.3, 0.4) is 0 Å². The van der Waals surface area contributed by atoms with Crippen molar-refractivity contribution in [2.75, 3.05) is 0 Å². The minimum absolute atomic E-state index is 0.0144. The molecule has 0 aliphatic rings. The van der Waals surface area contributed by atoms with E-state index >= 15 is 0 Å². The molecular weight excluding hydrogens is 438 g/mol. The summed E-state index contributed by atoms with van der Waals surface area (Å²) in [6, 6.07) is 14.5. The van der Waals surface area contributed by atoms with Crippen LogP contribution in [0.4, 0.5) is 0 Å². The molecule has 0 atom stereocenters. The largest absolute Gasteiger partial charge is 0.481 e. The fourth-order valence-electron chi connectivity index (χ4n) is 3.82. The summed E-state index contributed by atoms with van der Waals surface area (Å²) in [7, 11) is 0. The van der Waals surface area contributed by atoms with E-state index in [0.717, 1.165) is 21.8 Å². The molecule has 0 aliphatic carbocycles. The first-order valence-electron chi connectivity index (χ1n) is 11.1. The average Bonchev–Trinajstić information content (AvgIpc) is 2.94. The number of carbonyl (C=O) groups is 1. The lowest BCUT2D eigenvalue weighted by Crippen LogP contribution is -2.28. The van der Waals surface area contributed by atoms with Crippen LogP contribution in [0.2, 0.25) is 5.02 Å². The number of halogens is 1. The fourth-order valence-corrected chi connectivity index (χ4v) is 5.20. The first kappa shape index (κ1) is 24.7. The highest BCUT2D eigenvalue weighted by molar-refractivity contribution is 8.00. The van der Waals surface area contributed by atoms with Gasteiger partial charge in [0.15, 0.2) is 0 Å². The van der Waals surface area contributed by atoms with Crippen LogP contribution in [0, 0.1) is 5.41 Å². The average molecular weight is 472 g/mol. The molecular formula is C27H34ClNO2S. The molecule has 0 saturated heterocycles. The Morgan fingerprint density at radius 1 is 1.09 bits per heavy atom. The maximum atomic E-state index is 12.1. The Bertz CT molecular complexity index is 1140. The summed E-state index contributed by atoms with van der Waals surface area (Å²) < 4.78 is 2.26. The summed E-state index contributed by atoms with van der Waals surface area (Å²) in [5.41, 5.74) is 3.61. The summed E-state index contributed by atoms with van der Waals surface area (Å²) in [5.74, 6) is -0.376. The van der Waals surface area contributed by atoms with Crippen LogP contribution < -0.4 is 0 Å². The molecule has 1 N–H and O–H groups in total. The zero-order valence-electron chi connectivity index (χ0n) is 20.1. The molecule has 0 fully saturated rings. The molecule has 0 saturated carbocycles. The van der Waals surface area contributed by atoms with Gasteiger partial charge in [0.05, 0.1) is 5.41 Å². The third-order valence-corrected chi connectivity index (χ3v) is 7.33. The van der Waals surface area contributed by atoms with Gasteiger partial charge in [-0.1, -0.05) is 70.5 Å². The minimum Gasteiger partial charge on any atom is -0.481 e. The van der Waals surface area contributed by atoms with Crippen molar-refractivity contribution in [2.24, 2.45) is 5.41 Å². The summed E-state index contributed by atoms with van der Waals surface area (Å²) in [6.07, 6.45) is 0.441. The van der Waals surface area contributed by atoms with Gasteiger partial charge in [0.1, 0.15) is 0 Å². The first-order valence-corrected chi connectivity index (χ1v) is 12.3. The molecule has 1 aromatic heterocycles. The van der Waals surface area contributed by atoms with Gasteiger partial charge >= 0.3 is 5.97 Å². The van der Waals surface area contributed by atoms with Gasteiger partial charge in [0.2, 0.25) is 0 Å². The predicted octanol–water partition coefficient (Wildman–Crippen LogP) is 8.01. The van der Waals surface area contributed by atoms with Crippen LogP contribution in [0.15, 0.2) is 47.4 Å². The number of carboxylic acids is 1. The number of rotatable bonds is 7. The molecule has 3 nitrogen and oxygen atoms in total. The van der Waals surface area contributed by atoms with E-state index in [9.17, 15) is 9.90 Å². The molecule has 0 unspecified atom stereocenters. The normalized spacial score (nSPS) is 12.7. The van der Waals surface area contributed by atoms with E-state index in [4.69, 9.17) is 11.6 Å². The second-order valence-corrected chi connectivity index (χ2v) is 12.7. The highest BCUT2D eigenvalue weighted by atomic mass is 35.5. The Labute approximate surface area is 201 Å². The molecule has 0 radical (unpaired) electrons. The van der Waals surface area contributed by atoms with E-state index in [1.165, 1.54) is 15.8 Å². The first-order chi connectivity index (χ1) is 14.8. The van der Waals surface area contributed by atoms with Crippen molar-refractivity contribution in [1.29, 1.82) is 0 Å². The van der Waals surface area contributed by atoms with Gasteiger partial charge in [-0.15, -0.1) is 11.8 Å². The minimum atomic E-state index is -0.888. The van der Waals surface area contributed by atoms with Gasteiger partial charge in [0.25, 0.3) is 0 Å². The molecule has 172 valence electrons. The lowest BCUT2D eigenvalue weighted by molar-refractivity contribution is -0.146. The van der Waals surface area contributed by atoms with Crippen molar-refractivity contribution in [3.8, 4) is 0 Å². The van der Waals surface area contributed by atoms with Crippen molar-refractivity contribution >= 4 is 40.2 Å². The summed E-state index contributed by atoms with van der Waals surface area (Å²) in [5, 5.41) is 11.8. The summed E-state index contributed by atoms with van der Waals surface area (Å²) in [4.78, 5) is 13.2. The number of hydrogen-bond acceptors (Lipinski definition) is 2. The molecule has 5 heteroatoms.